The third-order valence-corrected chi connectivity index (χ3v) is 6.61. The van der Waals surface area contributed by atoms with Gasteiger partial charge in [0.15, 0.2) is 0 Å². The summed E-state index contributed by atoms with van der Waals surface area (Å²) in [6.07, 6.45) is 2.79. The van der Waals surface area contributed by atoms with Gasteiger partial charge in [0, 0.05) is 30.6 Å². The molecule has 0 saturated carbocycles. The van der Waals surface area contributed by atoms with Gasteiger partial charge >= 0.3 is 0 Å². The molecule has 0 aliphatic carbocycles. The van der Waals surface area contributed by atoms with E-state index in [0.717, 1.165) is 22.1 Å². The van der Waals surface area contributed by atoms with Crippen molar-refractivity contribution in [3.63, 3.8) is 0 Å². The van der Waals surface area contributed by atoms with Crippen molar-refractivity contribution in [1.82, 2.24) is 10.2 Å². The molecule has 2 amide bonds. The maximum absolute atomic E-state index is 12.9. The normalized spacial score (nSPS) is 17.9. The Morgan fingerprint density at radius 1 is 1.00 bits per heavy atom. The molecule has 0 radical (unpaired) electrons. The lowest BCUT2D eigenvalue weighted by atomic mass is 9.98. The molecule has 2 aliphatic rings. The number of allylic oxidation sites excluding steroid dienone is 1. The molecule has 5 rings (SSSR count). The predicted molar refractivity (Wildman–Crippen MR) is 128 cm³/mol. The number of rotatable bonds is 6. The first-order chi connectivity index (χ1) is 16.0. The Hall–Kier alpha value is -3.73. The molecule has 0 bridgehead atoms. The first kappa shape index (κ1) is 21.1. The lowest BCUT2D eigenvalue weighted by molar-refractivity contribution is -0.126. The van der Waals surface area contributed by atoms with Gasteiger partial charge in [-0.05, 0) is 52.8 Å². The summed E-state index contributed by atoms with van der Waals surface area (Å²) in [5.41, 5.74) is 4.35. The number of carbonyl (C=O) groups is 3. The number of aryl methyl sites for hydroxylation is 1. The van der Waals surface area contributed by atoms with Gasteiger partial charge in [-0.25, -0.2) is 0 Å². The number of Topliss-reactive ketones (excluding diaryl/α,β-unsaturated/α-hetero) is 1. The van der Waals surface area contributed by atoms with E-state index in [-0.39, 0.29) is 17.6 Å². The summed E-state index contributed by atoms with van der Waals surface area (Å²) < 4.78 is 0. The van der Waals surface area contributed by atoms with Crippen molar-refractivity contribution >= 4 is 28.4 Å². The van der Waals surface area contributed by atoms with E-state index in [1.807, 2.05) is 36.4 Å². The van der Waals surface area contributed by atoms with Gasteiger partial charge in [-0.1, -0.05) is 61.2 Å². The maximum Gasteiger partial charge on any atom is 0.255 e. The molecule has 3 aromatic rings. The Balaban J connectivity index is 1.21. The number of nitrogens with zero attached hydrogens (tertiary/aromatic N) is 1. The second-order valence-electron chi connectivity index (χ2n) is 8.97. The van der Waals surface area contributed by atoms with Gasteiger partial charge in [0.1, 0.15) is 11.8 Å². The Morgan fingerprint density at radius 2 is 1.79 bits per heavy atom. The quantitative estimate of drug-likeness (QED) is 0.623. The smallest absolute Gasteiger partial charge is 0.255 e. The van der Waals surface area contributed by atoms with E-state index in [0.29, 0.717) is 49.9 Å². The van der Waals surface area contributed by atoms with Crippen LogP contribution in [0.4, 0.5) is 0 Å². The zero-order chi connectivity index (χ0) is 22.9. The number of ketones is 1. The van der Waals surface area contributed by atoms with Crippen LogP contribution in [0, 0.1) is 0 Å². The summed E-state index contributed by atoms with van der Waals surface area (Å²) in [6.45, 7) is 4.24. The lowest BCUT2D eigenvalue weighted by Crippen LogP contribution is -2.49. The van der Waals surface area contributed by atoms with E-state index in [2.05, 4.69) is 36.2 Å². The summed E-state index contributed by atoms with van der Waals surface area (Å²) in [7, 11) is 0. The zero-order valence-corrected chi connectivity index (χ0v) is 18.5. The van der Waals surface area contributed by atoms with E-state index in [1.54, 1.807) is 4.90 Å². The van der Waals surface area contributed by atoms with E-state index < -0.39 is 6.04 Å². The summed E-state index contributed by atoms with van der Waals surface area (Å²) >= 11 is 0. The minimum Gasteiger partial charge on any atom is -0.329 e. The average Bonchev–Trinajstić information content (AvgIpc) is 3.13. The van der Waals surface area contributed by atoms with Crippen LogP contribution in [-0.2, 0) is 29.0 Å². The van der Waals surface area contributed by atoms with Crippen molar-refractivity contribution < 1.29 is 14.4 Å². The highest BCUT2D eigenvalue weighted by atomic mass is 16.2. The fourth-order valence-corrected chi connectivity index (χ4v) is 4.81. The van der Waals surface area contributed by atoms with Crippen LogP contribution in [0.1, 0.15) is 46.3 Å². The molecule has 33 heavy (non-hydrogen) atoms. The van der Waals surface area contributed by atoms with Gasteiger partial charge in [0.25, 0.3) is 5.91 Å². The lowest BCUT2D eigenvalue weighted by Gasteiger charge is -2.30. The van der Waals surface area contributed by atoms with Crippen molar-refractivity contribution in [1.29, 1.82) is 0 Å². The highest BCUT2D eigenvalue weighted by molar-refractivity contribution is 6.01. The summed E-state index contributed by atoms with van der Waals surface area (Å²) in [5, 5.41) is 5.08. The minimum absolute atomic E-state index is 0.100. The number of nitrogens with one attached hydrogen (secondary N) is 1. The van der Waals surface area contributed by atoms with Crippen LogP contribution < -0.4 is 5.32 Å². The predicted octanol–water partition coefficient (Wildman–Crippen LogP) is 4.33. The van der Waals surface area contributed by atoms with Gasteiger partial charge in [-0.15, -0.1) is 0 Å². The summed E-state index contributed by atoms with van der Waals surface area (Å²) in [4.78, 5) is 39.5. The SMILES string of the molecule is C=C1CCC(N2Cc3cc(CCC(=O)Cc4ccc5ccccc5c4)ccc3C2=O)C(=O)N1. The fourth-order valence-electron chi connectivity index (χ4n) is 4.81. The Labute approximate surface area is 193 Å². The number of piperidine rings is 1. The number of hydrogen-bond donors (Lipinski definition) is 1. The molecular formula is C28H26N2O3. The Kier molecular flexibility index (Phi) is 5.55. The molecule has 2 heterocycles. The number of benzene rings is 3. The van der Waals surface area contributed by atoms with Crippen molar-refractivity contribution in [3.05, 3.63) is 95.2 Å². The van der Waals surface area contributed by atoms with Crippen molar-refractivity contribution in [2.24, 2.45) is 0 Å². The van der Waals surface area contributed by atoms with Crippen LogP contribution in [-0.4, -0.2) is 28.5 Å². The second kappa shape index (κ2) is 8.66. The third kappa shape index (κ3) is 4.31. The molecule has 0 spiro atoms. The highest BCUT2D eigenvalue weighted by Gasteiger charge is 2.38. The molecule has 1 saturated heterocycles. The van der Waals surface area contributed by atoms with E-state index in [4.69, 9.17) is 0 Å². The molecule has 2 aliphatic heterocycles. The molecule has 5 heteroatoms. The average molecular weight is 439 g/mol. The Morgan fingerprint density at radius 3 is 2.61 bits per heavy atom. The molecule has 1 atom stereocenters. The molecule has 0 aromatic heterocycles. The molecule has 3 aromatic carbocycles. The molecule has 166 valence electrons. The van der Waals surface area contributed by atoms with Gasteiger partial charge in [0.05, 0.1) is 0 Å². The summed E-state index contributed by atoms with van der Waals surface area (Å²) in [6, 6.07) is 19.6. The molecule has 1 N–H and O–H groups in total. The monoisotopic (exact) mass is 438 g/mol. The molecule has 5 nitrogen and oxygen atoms in total. The Bertz CT molecular complexity index is 1290. The second-order valence-corrected chi connectivity index (χ2v) is 8.97. The van der Waals surface area contributed by atoms with Gasteiger partial charge in [0.2, 0.25) is 5.91 Å². The van der Waals surface area contributed by atoms with Crippen LogP contribution in [0.5, 0.6) is 0 Å². The molecular weight excluding hydrogens is 412 g/mol. The molecule has 1 unspecified atom stereocenters. The summed E-state index contributed by atoms with van der Waals surface area (Å²) in [5.74, 6) is -0.0638. The molecule has 1 fully saturated rings. The van der Waals surface area contributed by atoms with Gasteiger partial charge < -0.3 is 10.2 Å². The van der Waals surface area contributed by atoms with Crippen LogP contribution in [0.15, 0.2) is 72.9 Å². The van der Waals surface area contributed by atoms with E-state index in [9.17, 15) is 14.4 Å². The van der Waals surface area contributed by atoms with Crippen LogP contribution >= 0.6 is 0 Å². The van der Waals surface area contributed by atoms with Gasteiger partial charge in [-0.2, -0.15) is 0 Å². The highest BCUT2D eigenvalue weighted by Crippen LogP contribution is 2.29. The van der Waals surface area contributed by atoms with Crippen molar-refractivity contribution in [2.45, 2.75) is 44.7 Å². The van der Waals surface area contributed by atoms with E-state index >= 15 is 0 Å². The van der Waals surface area contributed by atoms with Crippen LogP contribution in [0.25, 0.3) is 10.8 Å². The topological polar surface area (TPSA) is 66.5 Å². The third-order valence-electron chi connectivity index (χ3n) is 6.61. The number of hydrogen-bond acceptors (Lipinski definition) is 3. The maximum atomic E-state index is 12.9. The first-order valence-corrected chi connectivity index (χ1v) is 11.4. The number of amides is 2. The number of carbonyl (C=O) groups excluding carboxylic acids is 3. The zero-order valence-electron chi connectivity index (χ0n) is 18.5. The minimum atomic E-state index is -0.456. The fraction of sp³-hybridized carbons (Fsp3) is 0.250. The van der Waals surface area contributed by atoms with Crippen molar-refractivity contribution in [3.8, 4) is 0 Å². The first-order valence-electron chi connectivity index (χ1n) is 11.4. The van der Waals surface area contributed by atoms with E-state index in [1.165, 1.54) is 5.39 Å². The standard InChI is InChI=1S/C28H26N2O3/c1-18-6-13-26(27(32)29-18)30-17-23-14-19(9-12-25(23)28(30)33)8-11-24(31)16-20-7-10-21-4-2-3-5-22(21)15-20/h2-5,7,9-10,12,14-15,26H,1,6,8,11,13,16-17H2,(H,29,32). The number of fused-ring (bicyclic) bond motifs is 2. The van der Waals surface area contributed by atoms with Gasteiger partial charge in [-0.3, -0.25) is 14.4 Å². The van der Waals surface area contributed by atoms with Crippen LogP contribution in [0.3, 0.4) is 0 Å². The largest absolute Gasteiger partial charge is 0.329 e. The van der Waals surface area contributed by atoms with Crippen LogP contribution in [0.2, 0.25) is 0 Å². The van der Waals surface area contributed by atoms with Crippen molar-refractivity contribution in [2.75, 3.05) is 0 Å².